The molecule has 2 aromatic carbocycles. The van der Waals surface area contributed by atoms with Crippen molar-refractivity contribution in [1.82, 2.24) is 9.71 Å². The van der Waals surface area contributed by atoms with Crippen LogP contribution in [0.5, 0.6) is 0 Å². The molecule has 0 fully saturated rings. The molecule has 0 amide bonds. The van der Waals surface area contributed by atoms with Gasteiger partial charge in [0.05, 0.1) is 9.95 Å². The Labute approximate surface area is 167 Å². The van der Waals surface area contributed by atoms with Crippen LogP contribution in [0.4, 0.5) is 5.69 Å². The van der Waals surface area contributed by atoms with Gasteiger partial charge in [0.15, 0.2) is 4.90 Å². The first-order valence-electron chi connectivity index (χ1n) is 8.25. The van der Waals surface area contributed by atoms with Crippen LogP contribution in [0, 0.1) is 10.1 Å². The Hall–Kier alpha value is -2.81. The highest BCUT2D eigenvalue weighted by molar-refractivity contribution is 7.89. The lowest BCUT2D eigenvalue weighted by atomic mass is 10.0. The molecule has 9 heteroatoms. The fraction of sp³-hybridized carbons (Fsp3) is 0.105. The number of rotatable bonds is 6. The first kappa shape index (κ1) is 19.9. The molecule has 28 heavy (non-hydrogen) atoms. The number of benzene rings is 2. The molecule has 0 radical (unpaired) electrons. The van der Waals surface area contributed by atoms with Gasteiger partial charge in [-0.3, -0.25) is 15.1 Å². The number of nitrogens with zero attached hydrogens (tertiary/aromatic N) is 2. The molecule has 1 aromatic heterocycles. The van der Waals surface area contributed by atoms with Gasteiger partial charge in [0.1, 0.15) is 0 Å². The van der Waals surface area contributed by atoms with E-state index in [4.69, 9.17) is 11.6 Å². The minimum atomic E-state index is -4.10. The molecule has 7 nitrogen and oxygen atoms in total. The molecule has 0 aliphatic carbocycles. The second-order valence-corrected chi connectivity index (χ2v) is 8.14. The largest absolute Gasteiger partial charge is 0.289 e. The number of sulfonamides is 1. The number of hydrogen-bond donors (Lipinski definition) is 1. The summed E-state index contributed by atoms with van der Waals surface area (Å²) in [5.41, 5.74) is 1.79. The lowest BCUT2D eigenvalue weighted by Crippen LogP contribution is -2.27. The zero-order valence-corrected chi connectivity index (χ0v) is 16.3. The van der Waals surface area contributed by atoms with Gasteiger partial charge in [0.25, 0.3) is 5.69 Å². The van der Waals surface area contributed by atoms with Crippen molar-refractivity contribution in [3.63, 3.8) is 0 Å². The van der Waals surface area contributed by atoms with E-state index in [9.17, 15) is 18.5 Å². The minimum Gasteiger partial charge on any atom is -0.263 e. The summed E-state index contributed by atoms with van der Waals surface area (Å²) < 4.78 is 27.9. The quantitative estimate of drug-likeness (QED) is 0.474. The summed E-state index contributed by atoms with van der Waals surface area (Å²) in [4.78, 5) is 14.0. The van der Waals surface area contributed by atoms with Crippen LogP contribution < -0.4 is 4.72 Å². The summed E-state index contributed by atoms with van der Waals surface area (Å²) in [7, 11) is -4.10. The van der Waals surface area contributed by atoms with E-state index in [-0.39, 0.29) is 4.90 Å². The minimum absolute atomic E-state index is 0.375. The van der Waals surface area contributed by atoms with Crippen LogP contribution in [0.15, 0.2) is 71.9 Å². The van der Waals surface area contributed by atoms with Crippen molar-refractivity contribution in [2.75, 3.05) is 0 Å². The van der Waals surface area contributed by atoms with E-state index in [0.717, 1.165) is 17.2 Å². The van der Waals surface area contributed by atoms with Gasteiger partial charge in [0.2, 0.25) is 10.0 Å². The van der Waals surface area contributed by atoms with Gasteiger partial charge in [0, 0.05) is 30.1 Å². The Morgan fingerprint density at radius 3 is 2.61 bits per heavy atom. The molecule has 0 bridgehead atoms. The van der Waals surface area contributed by atoms with Crippen LogP contribution in [0.1, 0.15) is 18.5 Å². The second kappa shape index (κ2) is 8.05. The van der Waals surface area contributed by atoms with Crippen molar-refractivity contribution in [3.8, 4) is 11.1 Å². The summed E-state index contributed by atoms with van der Waals surface area (Å²) in [6.07, 6.45) is 3.15. The van der Waals surface area contributed by atoms with Crippen molar-refractivity contribution in [3.05, 3.63) is 87.7 Å². The third-order valence-electron chi connectivity index (χ3n) is 4.15. The number of nitro benzene ring substituents is 1. The van der Waals surface area contributed by atoms with Crippen LogP contribution in [0.3, 0.4) is 0 Å². The smallest absolute Gasteiger partial charge is 0.263 e. The van der Waals surface area contributed by atoms with Gasteiger partial charge in [-0.1, -0.05) is 41.9 Å². The highest BCUT2D eigenvalue weighted by atomic mass is 35.5. The fourth-order valence-electron chi connectivity index (χ4n) is 2.78. The Bertz CT molecular complexity index is 1140. The van der Waals surface area contributed by atoms with Gasteiger partial charge in [-0.05, 0) is 36.2 Å². The topological polar surface area (TPSA) is 102 Å². The molecule has 0 saturated heterocycles. The molecular weight excluding hydrogens is 402 g/mol. The van der Waals surface area contributed by atoms with Crippen molar-refractivity contribution in [2.45, 2.75) is 17.9 Å². The van der Waals surface area contributed by atoms with Crippen molar-refractivity contribution in [1.29, 1.82) is 0 Å². The molecule has 0 saturated carbocycles. The maximum atomic E-state index is 12.7. The number of aromatic nitrogens is 1. The SMILES string of the molecule is C[C@H](NS(=O)(=O)c1ccccc1[N+](=O)[O-])c1cccc(-c2ccncc2Cl)c1. The number of pyridine rings is 1. The zero-order chi connectivity index (χ0) is 20.3. The van der Waals surface area contributed by atoms with E-state index in [1.807, 2.05) is 12.1 Å². The number of nitrogens with one attached hydrogen (secondary N) is 1. The van der Waals surface area contributed by atoms with Crippen LogP contribution >= 0.6 is 11.6 Å². The maximum Gasteiger partial charge on any atom is 0.289 e. The standard InChI is InChI=1S/C19H16ClN3O4S/c1-13(22-28(26,27)19-8-3-2-7-18(19)23(24)25)14-5-4-6-15(11-14)16-9-10-21-12-17(16)20/h2-13,22H,1H3/t13-/m0/s1. The maximum absolute atomic E-state index is 12.7. The van der Waals surface area contributed by atoms with E-state index in [1.54, 1.807) is 31.3 Å². The van der Waals surface area contributed by atoms with Gasteiger partial charge in [-0.25, -0.2) is 13.1 Å². The first-order valence-corrected chi connectivity index (χ1v) is 10.1. The average Bonchev–Trinajstić information content (AvgIpc) is 2.68. The number of para-hydroxylation sites is 1. The molecule has 1 heterocycles. The average molecular weight is 418 g/mol. The third kappa shape index (κ3) is 4.19. The summed E-state index contributed by atoms with van der Waals surface area (Å²) in [6.45, 7) is 1.67. The Kier molecular flexibility index (Phi) is 5.73. The lowest BCUT2D eigenvalue weighted by Gasteiger charge is -2.16. The molecule has 0 spiro atoms. The highest BCUT2D eigenvalue weighted by Crippen LogP contribution is 2.30. The van der Waals surface area contributed by atoms with Crippen LogP contribution in [0.2, 0.25) is 5.02 Å². The molecule has 1 atom stereocenters. The second-order valence-electron chi connectivity index (χ2n) is 6.05. The van der Waals surface area contributed by atoms with Gasteiger partial charge in [-0.15, -0.1) is 0 Å². The monoisotopic (exact) mass is 417 g/mol. The third-order valence-corrected chi connectivity index (χ3v) is 6.04. The highest BCUT2D eigenvalue weighted by Gasteiger charge is 2.27. The summed E-state index contributed by atoms with van der Waals surface area (Å²) in [5.74, 6) is 0. The fourth-order valence-corrected chi connectivity index (χ4v) is 4.42. The summed E-state index contributed by atoms with van der Waals surface area (Å²) in [6, 6.07) is 13.6. The van der Waals surface area contributed by atoms with Gasteiger partial charge >= 0.3 is 0 Å². The molecule has 144 valence electrons. The Morgan fingerprint density at radius 1 is 1.14 bits per heavy atom. The predicted molar refractivity (Wildman–Crippen MR) is 107 cm³/mol. The van der Waals surface area contributed by atoms with E-state index in [2.05, 4.69) is 9.71 Å². The number of nitro groups is 1. The van der Waals surface area contributed by atoms with Crippen LogP contribution in [-0.4, -0.2) is 18.3 Å². The summed E-state index contributed by atoms with van der Waals surface area (Å²) in [5, 5.41) is 11.6. The molecular formula is C19H16ClN3O4S. The molecule has 0 unspecified atom stereocenters. The van der Waals surface area contributed by atoms with E-state index < -0.39 is 26.7 Å². The first-order chi connectivity index (χ1) is 13.3. The molecule has 0 aliphatic heterocycles. The Morgan fingerprint density at radius 2 is 1.89 bits per heavy atom. The lowest BCUT2D eigenvalue weighted by molar-refractivity contribution is -0.387. The van der Waals surface area contributed by atoms with Crippen LogP contribution in [0.25, 0.3) is 11.1 Å². The molecule has 3 aromatic rings. The van der Waals surface area contributed by atoms with Crippen molar-refractivity contribution in [2.24, 2.45) is 0 Å². The zero-order valence-electron chi connectivity index (χ0n) is 14.7. The van der Waals surface area contributed by atoms with Gasteiger partial charge in [-0.2, -0.15) is 0 Å². The Balaban J connectivity index is 1.92. The van der Waals surface area contributed by atoms with E-state index in [0.29, 0.717) is 10.6 Å². The molecule has 3 rings (SSSR count). The van der Waals surface area contributed by atoms with Crippen molar-refractivity contribution >= 4 is 27.3 Å². The van der Waals surface area contributed by atoms with Gasteiger partial charge < -0.3 is 0 Å². The normalized spacial score (nSPS) is 12.5. The predicted octanol–water partition coefficient (Wildman–Crippen LogP) is 4.35. The molecule has 1 N–H and O–H groups in total. The van der Waals surface area contributed by atoms with E-state index in [1.165, 1.54) is 24.4 Å². The molecule has 0 aliphatic rings. The number of hydrogen-bond acceptors (Lipinski definition) is 5. The van der Waals surface area contributed by atoms with Crippen molar-refractivity contribution < 1.29 is 13.3 Å². The number of halogens is 1. The van der Waals surface area contributed by atoms with E-state index >= 15 is 0 Å². The summed E-state index contributed by atoms with van der Waals surface area (Å²) >= 11 is 6.19. The van der Waals surface area contributed by atoms with Crippen LogP contribution in [-0.2, 0) is 10.0 Å².